The number of carboxylic acids is 1. The summed E-state index contributed by atoms with van der Waals surface area (Å²) in [7, 11) is -17.0. The van der Waals surface area contributed by atoms with Crippen molar-refractivity contribution in [1.82, 2.24) is 20.2 Å². The smallest absolute Gasteiger partial charge is 0.490 e. The van der Waals surface area contributed by atoms with Gasteiger partial charge in [0.25, 0.3) is 11.5 Å². The fourth-order valence-corrected chi connectivity index (χ4v) is 9.93. The zero-order valence-electron chi connectivity index (χ0n) is 34.4. The molecule has 2 amide bonds. The highest BCUT2D eigenvalue weighted by Gasteiger charge is 2.43. The molecule has 25 nitrogen and oxygen atoms in total. The molecule has 9 N–H and O–H groups in total. The van der Waals surface area contributed by atoms with Crippen molar-refractivity contribution < 1.29 is 85.3 Å². The first-order valence-corrected chi connectivity index (χ1v) is 24.3. The van der Waals surface area contributed by atoms with Gasteiger partial charge in [-0.05, 0) is 48.7 Å². The highest BCUT2D eigenvalue weighted by molar-refractivity contribution is 7.66. The molecule has 0 bridgehead atoms. The van der Waals surface area contributed by atoms with Crippen LogP contribution in [0.3, 0.4) is 0 Å². The van der Waals surface area contributed by atoms with Gasteiger partial charge in [-0.1, -0.05) is 36.8 Å². The normalized spacial score (nSPS) is 18.2. The Morgan fingerprint density at radius 2 is 1.66 bits per heavy atom. The highest BCUT2D eigenvalue weighted by atomic mass is 31.3. The number of hydrogen-bond acceptors (Lipinski definition) is 16. The van der Waals surface area contributed by atoms with Gasteiger partial charge in [0, 0.05) is 60.3 Å². The molecule has 0 radical (unpaired) electrons. The molecule has 67 heavy (non-hydrogen) atoms. The zero-order chi connectivity index (χ0) is 48.8. The van der Waals surface area contributed by atoms with Gasteiger partial charge in [0.2, 0.25) is 5.91 Å². The van der Waals surface area contributed by atoms with Crippen molar-refractivity contribution in [2.75, 3.05) is 19.7 Å². The van der Waals surface area contributed by atoms with Crippen LogP contribution in [-0.4, -0.2) is 89.0 Å². The van der Waals surface area contributed by atoms with Crippen LogP contribution in [0.5, 0.6) is 5.75 Å². The Balaban J connectivity index is 0.951. The van der Waals surface area contributed by atoms with Crippen molar-refractivity contribution in [1.29, 1.82) is 0 Å². The fraction of sp³-hybridized carbons (Fsp3) is 0.282. The number of aromatic amines is 1. The number of nitrogens with one attached hydrogen (secondary N) is 3. The number of phosphoric acid groups is 3. The number of phosphoric ester groups is 1. The average molecular weight is 994 g/mol. The number of fused-ring (bicyclic) bond motifs is 2. The lowest BCUT2D eigenvalue weighted by Gasteiger charge is -2.19. The Hall–Kier alpha value is -5.91. The first-order chi connectivity index (χ1) is 31.5. The Morgan fingerprint density at radius 3 is 2.39 bits per heavy atom. The summed E-state index contributed by atoms with van der Waals surface area (Å²) in [5.41, 5.74) is -1.13. The number of H-pyrrole nitrogens is 1. The number of aromatic nitrogens is 2. The van der Waals surface area contributed by atoms with E-state index in [1.165, 1.54) is 66.7 Å². The molecule has 1 aliphatic carbocycles. The third-order valence-corrected chi connectivity index (χ3v) is 13.7. The van der Waals surface area contributed by atoms with Gasteiger partial charge in [-0.2, -0.15) is 8.62 Å². The number of carbonyl (C=O) groups excluding carboxylic acids is 2. The van der Waals surface area contributed by atoms with E-state index in [-0.39, 0.29) is 76.6 Å². The Kier molecular flexibility index (Phi) is 15.8. The fourth-order valence-electron chi connectivity index (χ4n) is 6.90. The molecule has 3 aliphatic rings. The summed E-state index contributed by atoms with van der Waals surface area (Å²) in [6.45, 7) is -0.803. The lowest BCUT2D eigenvalue weighted by atomic mass is 9.90. The number of rotatable bonds is 20. The third kappa shape index (κ3) is 13.4. The van der Waals surface area contributed by atoms with Crippen LogP contribution in [0.25, 0.3) is 39.5 Å². The molecular weight excluding hydrogens is 953 g/mol. The van der Waals surface area contributed by atoms with E-state index in [1.54, 1.807) is 0 Å². The van der Waals surface area contributed by atoms with Gasteiger partial charge in [-0.3, -0.25) is 33.3 Å². The maximum Gasteiger partial charge on any atom is 0.490 e. The number of aliphatic hydroxyl groups is 1. The van der Waals surface area contributed by atoms with E-state index in [4.69, 9.17) is 18.9 Å². The van der Waals surface area contributed by atoms with Gasteiger partial charge in [-0.15, -0.1) is 5.75 Å². The predicted molar refractivity (Wildman–Crippen MR) is 229 cm³/mol. The molecule has 2 aromatic carbocycles. The van der Waals surface area contributed by atoms with Crippen molar-refractivity contribution >= 4 is 58.3 Å². The van der Waals surface area contributed by atoms with E-state index in [0.717, 1.165) is 10.8 Å². The van der Waals surface area contributed by atoms with Crippen LogP contribution in [-0.2, 0) is 36.4 Å². The molecule has 2 unspecified atom stereocenters. The first kappa shape index (κ1) is 50.5. The summed E-state index contributed by atoms with van der Waals surface area (Å²) in [5, 5.41) is 38.5. The number of carboxylic acid groups (broad SMARTS) is 1. The van der Waals surface area contributed by atoms with Crippen LogP contribution in [0, 0.1) is 0 Å². The number of aromatic carboxylic acids is 1. The van der Waals surface area contributed by atoms with Gasteiger partial charge >= 0.3 is 35.1 Å². The monoisotopic (exact) mass is 993 g/mol. The van der Waals surface area contributed by atoms with E-state index in [1.807, 2.05) is 0 Å². The quantitative estimate of drug-likeness (QED) is 0.0307. The van der Waals surface area contributed by atoms with Crippen molar-refractivity contribution in [3.63, 3.8) is 0 Å². The molecule has 358 valence electrons. The number of ether oxygens (including phenoxy) is 1. The van der Waals surface area contributed by atoms with Gasteiger partial charge in [0.1, 0.15) is 23.7 Å². The van der Waals surface area contributed by atoms with Crippen LogP contribution in [0.15, 0.2) is 85.7 Å². The second kappa shape index (κ2) is 20.9. The molecule has 1 saturated heterocycles. The lowest BCUT2D eigenvalue weighted by molar-refractivity contribution is -0.268. The molecule has 28 heteroatoms. The summed E-state index contributed by atoms with van der Waals surface area (Å²) in [6.07, 6.45) is 0.873. The third-order valence-electron chi connectivity index (χ3n) is 9.85. The number of amides is 2. The summed E-state index contributed by atoms with van der Waals surface area (Å²) >= 11 is 0. The average Bonchev–Trinajstić information content (AvgIpc) is 3.60. The minimum atomic E-state index is -5.79. The van der Waals surface area contributed by atoms with Crippen LogP contribution in [0.2, 0.25) is 0 Å². The number of carbonyl (C=O) groups is 3. The number of hydrogen-bond donors (Lipinski definition) is 9. The van der Waals surface area contributed by atoms with Crippen molar-refractivity contribution in [2.45, 2.75) is 50.5 Å². The Morgan fingerprint density at radius 1 is 0.910 bits per heavy atom. The molecule has 6 rings (SSSR count). The molecule has 5 atom stereocenters. The predicted octanol–water partition coefficient (Wildman–Crippen LogP) is 2.30. The van der Waals surface area contributed by atoms with Gasteiger partial charge in [0.05, 0.1) is 23.8 Å². The van der Waals surface area contributed by atoms with Crippen LogP contribution in [0.4, 0.5) is 0 Å². The van der Waals surface area contributed by atoms with Crippen molar-refractivity contribution in [3.8, 4) is 28.2 Å². The zero-order valence-corrected chi connectivity index (χ0v) is 37.1. The van der Waals surface area contributed by atoms with Gasteiger partial charge < -0.3 is 54.7 Å². The molecular formula is C39H40N4O21P3-. The van der Waals surface area contributed by atoms with Gasteiger partial charge in [0.15, 0.2) is 5.43 Å². The molecule has 1 aromatic heterocycles. The van der Waals surface area contributed by atoms with Crippen LogP contribution in [0.1, 0.15) is 64.6 Å². The lowest BCUT2D eigenvalue weighted by Crippen LogP contribution is -2.33. The summed E-state index contributed by atoms with van der Waals surface area (Å²) in [5.74, 6) is -2.40. The van der Waals surface area contributed by atoms with E-state index >= 15 is 0 Å². The Bertz CT molecular complexity index is 3030. The summed E-state index contributed by atoms with van der Waals surface area (Å²) in [4.78, 5) is 113. The minimum Gasteiger partial charge on any atom is -0.872 e. The van der Waals surface area contributed by atoms with E-state index < -0.39 is 71.6 Å². The second-order valence-electron chi connectivity index (χ2n) is 14.7. The first-order valence-electron chi connectivity index (χ1n) is 19.7. The van der Waals surface area contributed by atoms with E-state index in [2.05, 4.69) is 28.8 Å². The van der Waals surface area contributed by atoms with Gasteiger partial charge in [-0.25, -0.2) is 23.3 Å². The molecule has 1 fully saturated rings. The topological polar surface area (TPSA) is 393 Å². The Labute approximate surface area is 376 Å². The second-order valence-corrected chi connectivity index (χ2v) is 19.1. The summed E-state index contributed by atoms with van der Waals surface area (Å²) < 4.78 is 58.3. The number of unbranched alkanes of at least 4 members (excludes halogenated alkanes) is 2. The minimum absolute atomic E-state index is 0.0277. The van der Waals surface area contributed by atoms with Crippen molar-refractivity contribution in [2.24, 2.45) is 0 Å². The molecule has 0 spiro atoms. The summed E-state index contributed by atoms with van der Waals surface area (Å²) in [6, 6.07) is 12.2. The maximum atomic E-state index is 13.1. The number of nitrogens with zero attached hydrogens (tertiary/aromatic N) is 1. The standard InChI is InChI=1S/C39H41N4O21P3/c44-23-8-11-26-30(16-23)61-31-17-24(45)9-12-27(31)35(26)25-10-7-21(15-28(25)38(50)51)36(48)41-13-3-1-2-6-33(47)40-14-4-5-22-19-43(39(52)42-37(22)49)34-18-29(46)32(62-34)20-60-66(56,57)64-67(58,59)63-65(53,54)55/h4-5,7-12,15-17,19,29,32,34,44,46H,1-3,6,13-14,18,20H2,(H,40,47)(H,41,48)(H,50,51)(H,56,57)(H,58,59)(H,42,49,52)(H2,53,54,55)/p-1/b5-4+/t29-,32+,34+/m0/s1. The number of aliphatic hydroxyl groups excluding tert-OH is 1. The van der Waals surface area contributed by atoms with Crippen LogP contribution >= 0.6 is 23.5 Å². The largest absolute Gasteiger partial charge is 0.872 e. The number of benzene rings is 3. The van der Waals surface area contributed by atoms with Crippen molar-refractivity contribution in [3.05, 3.63) is 115 Å². The molecule has 3 aromatic rings. The van der Waals surface area contributed by atoms with E-state index in [0.29, 0.717) is 35.8 Å². The molecule has 0 saturated carbocycles. The van der Waals surface area contributed by atoms with E-state index in [9.17, 15) is 67.6 Å². The highest BCUT2D eigenvalue weighted by Crippen LogP contribution is 2.66. The molecule has 3 heterocycles. The maximum absolute atomic E-state index is 13.1. The molecule has 2 aliphatic heterocycles. The SMILES string of the molecule is O=C(CCCCCNC(=O)c1ccc(-c2c3ccc(=O)cc-3oc3cc([O-])ccc23)c(C(=O)O)c1)NC/C=C/c1cn([C@H]2C[C@H](O)[C@@H](COP(=O)(O)OP(=O)(O)OP(=O)(O)O)O2)c(=O)[nH]c1=O. The van der Waals surface area contributed by atoms with Crippen LogP contribution < -0.4 is 32.4 Å².